The number of imide groups is 1. The van der Waals surface area contributed by atoms with E-state index in [2.05, 4.69) is 34.0 Å². The maximum absolute atomic E-state index is 13.8. The van der Waals surface area contributed by atoms with E-state index in [1.807, 2.05) is 24.3 Å². The van der Waals surface area contributed by atoms with E-state index in [9.17, 15) is 18.0 Å². The van der Waals surface area contributed by atoms with Crippen molar-refractivity contribution in [2.24, 2.45) is 11.8 Å². The Labute approximate surface area is 211 Å². The van der Waals surface area contributed by atoms with Gasteiger partial charge in [0, 0.05) is 23.4 Å². The molecule has 4 aliphatic rings. The van der Waals surface area contributed by atoms with Crippen molar-refractivity contribution in [3.63, 3.8) is 0 Å². The number of hydrogen-bond donors (Lipinski definition) is 1. The molecule has 2 heterocycles. The van der Waals surface area contributed by atoms with Crippen LogP contribution in [0.4, 0.5) is 10.8 Å². The topological polar surface area (TPSA) is 96.4 Å². The van der Waals surface area contributed by atoms with Crippen LogP contribution in [0.1, 0.15) is 34.1 Å². The first-order valence-electron chi connectivity index (χ1n) is 11.5. The van der Waals surface area contributed by atoms with Crippen LogP contribution in [0, 0.1) is 11.8 Å². The molecule has 9 heteroatoms. The summed E-state index contributed by atoms with van der Waals surface area (Å²) >= 11 is 1.18. The molecule has 2 bridgehead atoms. The van der Waals surface area contributed by atoms with Gasteiger partial charge in [0.15, 0.2) is 5.13 Å². The van der Waals surface area contributed by atoms with Crippen LogP contribution in [0.3, 0.4) is 0 Å². The zero-order valence-corrected chi connectivity index (χ0v) is 20.4. The molecular formula is C27H19N3O4S2. The molecule has 3 aliphatic carbocycles. The lowest BCUT2D eigenvalue weighted by atomic mass is 9.55. The van der Waals surface area contributed by atoms with E-state index in [1.54, 1.807) is 5.38 Å². The van der Waals surface area contributed by atoms with Gasteiger partial charge in [0.1, 0.15) is 0 Å². The van der Waals surface area contributed by atoms with Gasteiger partial charge >= 0.3 is 0 Å². The number of sulfonamides is 1. The van der Waals surface area contributed by atoms with Crippen molar-refractivity contribution in [1.82, 2.24) is 4.98 Å². The number of rotatable bonds is 4. The van der Waals surface area contributed by atoms with Gasteiger partial charge < -0.3 is 0 Å². The molecule has 3 aromatic carbocycles. The van der Waals surface area contributed by atoms with Crippen molar-refractivity contribution < 1.29 is 18.0 Å². The lowest BCUT2D eigenvalue weighted by molar-refractivity contribution is -0.122. The number of benzene rings is 3. The van der Waals surface area contributed by atoms with Crippen molar-refractivity contribution in [3.8, 4) is 0 Å². The highest BCUT2D eigenvalue weighted by molar-refractivity contribution is 7.93. The number of carbonyl (C=O) groups excluding carboxylic acids is 2. The lowest BCUT2D eigenvalue weighted by Crippen LogP contribution is -2.41. The first-order valence-corrected chi connectivity index (χ1v) is 13.9. The van der Waals surface area contributed by atoms with Crippen molar-refractivity contribution in [2.45, 2.75) is 16.7 Å². The predicted octanol–water partition coefficient (Wildman–Crippen LogP) is 4.34. The Bertz CT molecular complexity index is 1530. The molecule has 8 rings (SSSR count). The molecule has 1 aromatic heterocycles. The summed E-state index contributed by atoms with van der Waals surface area (Å²) in [6, 6.07) is 22.0. The third-order valence-electron chi connectivity index (χ3n) is 7.51. The summed E-state index contributed by atoms with van der Waals surface area (Å²) in [7, 11) is -3.84. The third-order valence-corrected chi connectivity index (χ3v) is 9.68. The molecule has 178 valence electrons. The van der Waals surface area contributed by atoms with Gasteiger partial charge in [-0.05, 0) is 46.5 Å². The van der Waals surface area contributed by atoms with Gasteiger partial charge in [-0.3, -0.25) is 14.3 Å². The summed E-state index contributed by atoms with van der Waals surface area (Å²) in [6.07, 6.45) is 1.51. The largest absolute Gasteiger partial charge is 0.274 e. The Kier molecular flexibility index (Phi) is 4.52. The maximum atomic E-state index is 13.8. The van der Waals surface area contributed by atoms with E-state index in [-0.39, 0.29) is 33.7 Å². The number of anilines is 2. The highest BCUT2D eigenvalue weighted by Crippen LogP contribution is 2.61. The van der Waals surface area contributed by atoms with Crippen molar-refractivity contribution >= 4 is 44.0 Å². The molecule has 0 spiro atoms. The predicted molar refractivity (Wildman–Crippen MR) is 135 cm³/mol. The molecule has 0 radical (unpaired) electrons. The van der Waals surface area contributed by atoms with Crippen LogP contribution in [-0.4, -0.2) is 25.2 Å². The monoisotopic (exact) mass is 513 g/mol. The fraction of sp³-hybridized carbons (Fsp3) is 0.148. The van der Waals surface area contributed by atoms with Crippen LogP contribution >= 0.6 is 11.3 Å². The Morgan fingerprint density at radius 3 is 1.69 bits per heavy atom. The first kappa shape index (κ1) is 21.5. The van der Waals surface area contributed by atoms with Gasteiger partial charge in [-0.1, -0.05) is 48.5 Å². The lowest BCUT2D eigenvalue weighted by Gasteiger charge is -2.45. The number of nitrogens with one attached hydrogen (secondary N) is 1. The molecule has 0 saturated carbocycles. The average molecular weight is 514 g/mol. The normalized spacial score (nSPS) is 23.8. The second kappa shape index (κ2) is 7.59. The van der Waals surface area contributed by atoms with Gasteiger partial charge in [-0.15, -0.1) is 11.3 Å². The summed E-state index contributed by atoms with van der Waals surface area (Å²) in [5.41, 5.74) is 4.82. The third kappa shape index (κ3) is 2.90. The molecule has 7 nitrogen and oxygen atoms in total. The minimum Gasteiger partial charge on any atom is -0.274 e. The Morgan fingerprint density at radius 2 is 1.25 bits per heavy atom. The standard InChI is InChI=1S/C27H19N3O4S2/c31-25-23-21-17-5-1-2-6-18(17)22(20-8-4-3-7-19(20)21)24(23)26(32)30(25)15-9-11-16(12-10-15)36(33,34)29-27-28-13-14-35-27/h1-14,21-24H,(H,28,29)/t21?,22?,23-,24-/m0/s1. The highest BCUT2D eigenvalue weighted by Gasteiger charge is 2.61. The quantitative estimate of drug-likeness (QED) is 0.410. The molecular weight excluding hydrogens is 494 g/mol. The summed E-state index contributed by atoms with van der Waals surface area (Å²) < 4.78 is 27.9. The van der Waals surface area contributed by atoms with E-state index >= 15 is 0 Å². The molecule has 2 amide bonds. The molecule has 0 unspecified atom stereocenters. The molecule has 36 heavy (non-hydrogen) atoms. The molecule has 1 aliphatic heterocycles. The van der Waals surface area contributed by atoms with Crippen LogP contribution in [0.2, 0.25) is 0 Å². The number of aromatic nitrogens is 1. The van der Waals surface area contributed by atoms with Crippen molar-refractivity contribution in [1.29, 1.82) is 0 Å². The number of carbonyl (C=O) groups is 2. The van der Waals surface area contributed by atoms with E-state index in [0.717, 1.165) is 22.3 Å². The average Bonchev–Trinajstić information content (AvgIpc) is 3.49. The van der Waals surface area contributed by atoms with Gasteiger partial charge in [-0.2, -0.15) is 0 Å². The molecule has 1 saturated heterocycles. The van der Waals surface area contributed by atoms with Crippen LogP contribution in [0.25, 0.3) is 0 Å². The first-order chi connectivity index (χ1) is 17.5. The number of amides is 2. The SMILES string of the molecule is O=C1[C@H]2C3c4ccccc4C(c4ccccc43)[C@@H]2C(=O)N1c1ccc(S(=O)(=O)Nc2nccs2)cc1. The maximum Gasteiger partial charge on any atom is 0.263 e. The van der Waals surface area contributed by atoms with Gasteiger partial charge in [0.05, 0.1) is 22.4 Å². The number of nitrogens with zero attached hydrogens (tertiary/aromatic N) is 2. The zero-order chi connectivity index (χ0) is 24.6. The van der Waals surface area contributed by atoms with E-state index in [4.69, 9.17) is 0 Å². The van der Waals surface area contributed by atoms with E-state index in [0.29, 0.717) is 5.69 Å². The second-order valence-corrected chi connectivity index (χ2v) is 11.8. The van der Waals surface area contributed by atoms with E-state index in [1.165, 1.54) is 46.7 Å². The minimum absolute atomic E-state index is 0.0258. The fourth-order valence-electron chi connectivity index (χ4n) is 6.15. The number of hydrogen-bond acceptors (Lipinski definition) is 6. The minimum atomic E-state index is -3.84. The summed E-state index contributed by atoms with van der Waals surface area (Å²) in [5, 5.41) is 1.94. The Balaban J connectivity index is 1.27. The Hall–Kier alpha value is -3.82. The summed E-state index contributed by atoms with van der Waals surface area (Å²) in [5.74, 6) is -1.81. The molecule has 1 fully saturated rings. The summed E-state index contributed by atoms with van der Waals surface area (Å²) in [6.45, 7) is 0. The number of thiazole rings is 1. The van der Waals surface area contributed by atoms with Gasteiger partial charge in [0.2, 0.25) is 11.8 Å². The second-order valence-electron chi connectivity index (χ2n) is 9.21. The van der Waals surface area contributed by atoms with Crippen LogP contribution in [0.5, 0.6) is 0 Å². The van der Waals surface area contributed by atoms with Crippen LogP contribution < -0.4 is 9.62 Å². The highest BCUT2D eigenvalue weighted by atomic mass is 32.2. The van der Waals surface area contributed by atoms with Crippen molar-refractivity contribution in [3.05, 3.63) is 107 Å². The van der Waals surface area contributed by atoms with Crippen molar-refractivity contribution in [2.75, 3.05) is 9.62 Å². The van der Waals surface area contributed by atoms with E-state index < -0.39 is 21.9 Å². The molecule has 2 atom stereocenters. The van der Waals surface area contributed by atoms with Gasteiger partial charge in [0.25, 0.3) is 10.0 Å². The smallest absolute Gasteiger partial charge is 0.263 e. The zero-order valence-electron chi connectivity index (χ0n) is 18.7. The van der Waals surface area contributed by atoms with Crippen LogP contribution in [0.15, 0.2) is 89.3 Å². The summed E-state index contributed by atoms with van der Waals surface area (Å²) in [4.78, 5) is 32.9. The molecule has 1 N–H and O–H groups in total. The fourth-order valence-corrected chi connectivity index (χ4v) is 7.94. The van der Waals surface area contributed by atoms with Crippen LogP contribution in [-0.2, 0) is 19.6 Å². The van der Waals surface area contributed by atoms with Gasteiger partial charge in [-0.25, -0.2) is 18.3 Å². The Morgan fingerprint density at radius 1 is 0.750 bits per heavy atom. The molecule has 4 aromatic rings.